The molecule has 0 radical (unpaired) electrons. The van der Waals surface area contributed by atoms with Gasteiger partial charge in [-0.1, -0.05) is 39.0 Å². The number of hydrogen-bond donors (Lipinski definition) is 0. The van der Waals surface area contributed by atoms with Gasteiger partial charge in [0.05, 0.1) is 17.4 Å². The van der Waals surface area contributed by atoms with Crippen LogP contribution >= 0.6 is 0 Å². The van der Waals surface area contributed by atoms with Crippen molar-refractivity contribution in [1.82, 2.24) is 9.78 Å². The molecule has 0 fully saturated rings. The van der Waals surface area contributed by atoms with Crippen LogP contribution in [0.2, 0.25) is 0 Å². The van der Waals surface area contributed by atoms with Gasteiger partial charge in [-0.3, -0.25) is 4.79 Å². The van der Waals surface area contributed by atoms with Crippen molar-refractivity contribution in [3.8, 4) is 5.69 Å². The molecule has 94 valence electrons. The third-order valence-corrected chi connectivity index (χ3v) is 3.36. The van der Waals surface area contributed by atoms with Crippen molar-refractivity contribution in [2.45, 2.75) is 27.2 Å². The van der Waals surface area contributed by atoms with Gasteiger partial charge in [0.1, 0.15) is 0 Å². The molecule has 1 aromatic heterocycles. The van der Waals surface area contributed by atoms with E-state index in [2.05, 4.69) is 5.10 Å². The van der Waals surface area contributed by atoms with E-state index in [4.69, 9.17) is 0 Å². The van der Waals surface area contributed by atoms with Gasteiger partial charge in [0.15, 0.2) is 5.78 Å². The molecule has 0 aliphatic heterocycles. The molecule has 2 aromatic rings. The highest BCUT2D eigenvalue weighted by Gasteiger charge is 2.27. The smallest absolute Gasteiger partial charge is 0.171 e. The molecule has 3 heteroatoms. The molecule has 0 spiro atoms. The predicted octanol–water partition coefficient (Wildman–Crippen LogP) is 3.49. The van der Waals surface area contributed by atoms with E-state index in [-0.39, 0.29) is 11.2 Å². The zero-order valence-corrected chi connectivity index (χ0v) is 11.1. The van der Waals surface area contributed by atoms with E-state index in [0.29, 0.717) is 5.56 Å². The largest absolute Gasteiger partial charge is 0.293 e. The standard InChI is InChI=1S/C15H18N2O/c1-4-15(2,3)14(18)12-10-16-17(11-12)13-8-6-5-7-9-13/h5-11H,4H2,1-3H3. The summed E-state index contributed by atoms with van der Waals surface area (Å²) in [6, 6.07) is 9.79. The molecular weight excluding hydrogens is 224 g/mol. The SMILES string of the molecule is CCC(C)(C)C(=O)c1cnn(-c2ccccc2)c1. The Hall–Kier alpha value is -1.90. The lowest BCUT2D eigenvalue weighted by molar-refractivity contribution is 0.0833. The Kier molecular flexibility index (Phi) is 3.32. The van der Waals surface area contributed by atoms with Gasteiger partial charge in [0.2, 0.25) is 0 Å². The fourth-order valence-corrected chi connectivity index (χ4v) is 1.71. The summed E-state index contributed by atoms with van der Waals surface area (Å²) in [5.41, 5.74) is 1.31. The highest BCUT2D eigenvalue weighted by molar-refractivity contribution is 5.99. The van der Waals surface area contributed by atoms with Crippen molar-refractivity contribution < 1.29 is 4.79 Å². The van der Waals surface area contributed by atoms with E-state index in [9.17, 15) is 4.79 Å². The van der Waals surface area contributed by atoms with Gasteiger partial charge >= 0.3 is 0 Å². The van der Waals surface area contributed by atoms with Crippen molar-refractivity contribution in [3.63, 3.8) is 0 Å². The second kappa shape index (κ2) is 4.77. The van der Waals surface area contributed by atoms with Gasteiger partial charge in [0, 0.05) is 11.6 Å². The number of rotatable bonds is 4. The number of aromatic nitrogens is 2. The van der Waals surface area contributed by atoms with Gasteiger partial charge in [0.25, 0.3) is 0 Å². The van der Waals surface area contributed by atoms with E-state index in [1.165, 1.54) is 0 Å². The maximum absolute atomic E-state index is 12.3. The maximum atomic E-state index is 12.3. The van der Waals surface area contributed by atoms with E-state index >= 15 is 0 Å². The second-order valence-corrected chi connectivity index (χ2v) is 5.08. The van der Waals surface area contributed by atoms with Crippen LogP contribution in [0.25, 0.3) is 5.69 Å². The summed E-state index contributed by atoms with van der Waals surface area (Å²) in [5, 5.41) is 4.25. The maximum Gasteiger partial charge on any atom is 0.171 e. The van der Waals surface area contributed by atoms with Gasteiger partial charge in [-0.2, -0.15) is 5.10 Å². The molecular formula is C15H18N2O. The van der Waals surface area contributed by atoms with E-state index in [1.807, 2.05) is 51.1 Å². The number of nitrogens with zero attached hydrogens (tertiary/aromatic N) is 2. The highest BCUT2D eigenvalue weighted by atomic mass is 16.1. The number of carbonyl (C=O) groups is 1. The Morgan fingerprint density at radius 3 is 2.56 bits per heavy atom. The molecule has 0 amide bonds. The summed E-state index contributed by atoms with van der Waals surface area (Å²) in [7, 11) is 0. The first kappa shape index (κ1) is 12.6. The Balaban J connectivity index is 2.29. The molecule has 0 atom stereocenters. The number of Topliss-reactive ketones (excluding diaryl/α,β-unsaturated/α-hetero) is 1. The van der Waals surface area contributed by atoms with Crippen LogP contribution in [0.15, 0.2) is 42.7 Å². The monoisotopic (exact) mass is 242 g/mol. The summed E-state index contributed by atoms with van der Waals surface area (Å²) >= 11 is 0. The van der Waals surface area contributed by atoms with Crippen LogP contribution in [0, 0.1) is 5.41 Å². The zero-order chi connectivity index (χ0) is 13.2. The number of carbonyl (C=O) groups excluding carboxylic acids is 1. The number of para-hydroxylation sites is 1. The average molecular weight is 242 g/mol. The normalized spacial score (nSPS) is 11.5. The molecule has 18 heavy (non-hydrogen) atoms. The molecule has 0 N–H and O–H groups in total. The number of benzene rings is 1. The Bertz CT molecular complexity index is 541. The summed E-state index contributed by atoms with van der Waals surface area (Å²) in [5.74, 6) is 0.146. The summed E-state index contributed by atoms with van der Waals surface area (Å²) in [6.45, 7) is 5.96. The van der Waals surface area contributed by atoms with E-state index in [0.717, 1.165) is 12.1 Å². The quantitative estimate of drug-likeness (QED) is 0.769. The average Bonchev–Trinajstić information content (AvgIpc) is 2.88. The molecule has 2 rings (SSSR count). The lowest BCUT2D eigenvalue weighted by Crippen LogP contribution is -2.22. The van der Waals surface area contributed by atoms with Crippen LogP contribution in [0.4, 0.5) is 0 Å². The van der Waals surface area contributed by atoms with Crippen LogP contribution in [-0.2, 0) is 0 Å². The number of hydrogen-bond acceptors (Lipinski definition) is 2. The third kappa shape index (κ3) is 2.35. The molecule has 0 saturated carbocycles. The van der Waals surface area contributed by atoms with Crippen molar-refractivity contribution in [2.75, 3.05) is 0 Å². The topological polar surface area (TPSA) is 34.9 Å². The fraction of sp³-hybridized carbons (Fsp3) is 0.333. The predicted molar refractivity (Wildman–Crippen MR) is 72.0 cm³/mol. The van der Waals surface area contributed by atoms with Crippen LogP contribution in [0.3, 0.4) is 0 Å². The van der Waals surface area contributed by atoms with Crippen LogP contribution < -0.4 is 0 Å². The highest BCUT2D eigenvalue weighted by Crippen LogP contribution is 2.25. The minimum atomic E-state index is -0.329. The molecule has 1 heterocycles. The Labute approximate surface area is 107 Å². The minimum Gasteiger partial charge on any atom is -0.293 e. The molecule has 3 nitrogen and oxygen atoms in total. The molecule has 0 aliphatic rings. The van der Waals surface area contributed by atoms with Gasteiger partial charge in [-0.05, 0) is 18.6 Å². The van der Waals surface area contributed by atoms with Crippen LogP contribution in [0.5, 0.6) is 0 Å². The second-order valence-electron chi connectivity index (χ2n) is 5.08. The third-order valence-electron chi connectivity index (χ3n) is 3.36. The first-order valence-electron chi connectivity index (χ1n) is 6.19. The fourth-order valence-electron chi connectivity index (χ4n) is 1.71. The summed E-state index contributed by atoms with van der Waals surface area (Å²) in [6.07, 6.45) is 4.27. The Morgan fingerprint density at radius 1 is 1.28 bits per heavy atom. The molecule has 0 saturated heterocycles. The van der Waals surface area contributed by atoms with Crippen molar-refractivity contribution in [1.29, 1.82) is 0 Å². The molecule has 0 aliphatic carbocycles. The first-order chi connectivity index (χ1) is 8.54. The molecule has 1 aromatic carbocycles. The van der Waals surface area contributed by atoms with Crippen LogP contribution in [0.1, 0.15) is 37.6 Å². The lowest BCUT2D eigenvalue weighted by atomic mass is 9.83. The van der Waals surface area contributed by atoms with Crippen molar-refractivity contribution in [3.05, 3.63) is 48.3 Å². The summed E-state index contributed by atoms with van der Waals surface area (Å²) in [4.78, 5) is 12.3. The van der Waals surface area contributed by atoms with Crippen molar-refractivity contribution in [2.24, 2.45) is 5.41 Å². The zero-order valence-electron chi connectivity index (χ0n) is 11.1. The lowest BCUT2D eigenvalue weighted by Gasteiger charge is -2.19. The van der Waals surface area contributed by atoms with E-state index < -0.39 is 0 Å². The van der Waals surface area contributed by atoms with E-state index in [1.54, 1.807) is 17.1 Å². The Morgan fingerprint density at radius 2 is 1.94 bits per heavy atom. The van der Waals surface area contributed by atoms with Gasteiger partial charge < -0.3 is 0 Å². The van der Waals surface area contributed by atoms with Crippen LogP contribution in [-0.4, -0.2) is 15.6 Å². The molecule has 0 bridgehead atoms. The minimum absolute atomic E-state index is 0.146. The van der Waals surface area contributed by atoms with Gasteiger partial charge in [-0.25, -0.2) is 4.68 Å². The summed E-state index contributed by atoms with van der Waals surface area (Å²) < 4.78 is 1.74. The number of ketones is 1. The van der Waals surface area contributed by atoms with Crippen molar-refractivity contribution >= 4 is 5.78 Å². The molecule has 0 unspecified atom stereocenters. The first-order valence-corrected chi connectivity index (χ1v) is 6.19. The van der Waals surface area contributed by atoms with Gasteiger partial charge in [-0.15, -0.1) is 0 Å².